The number of nitrogens with zero attached hydrogens (tertiary/aromatic N) is 3. The van der Waals surface area contributed by atoms with Crippen LogP contribution in [0.2, 0.25) is 0 Å². The summed E-state index contributed by atoms with van der Waals surface area (Å²) in [6, 6.07) is 17.8. The molecule has 148 valence electrons. The summed E-state index contributed by atoms with van der Waals surface area (Å²) in [6.07, 6.45) is 1.55. The highest BCUT2D eigenvalue weighted by Crippen LogP contribution is 2.29. The summed E-state index contributed by atoms with van der Waals surface area (Å²) in [5.74, 6) is 1.10. The average molecular weight is 417 g/mol. The van der Waals surface area contributed by atoms with Crippen molar-refractivity contribution in [3.05, 3.63) is 77.7 Å². The molecule has 0 aliphatic heterocycles. The summed E-state index contributed by atoms with van der Waals surface area (Å²) in [5.41, 5.74) is 7.66. The molecule has 0 saturated carbocycles. The van der Waals surface area contributed by atoms with Gasteiger partial charge in [-0.2, -0.15) is 5.26 Å². The molecule has 9 heteroatoms. The van der Waals surface area contributed by atoms with E-state index < -0.39 is 5.91 Å². The van der Waals surface area contributed by atoms with Crippen molar-refractivity contribution in [3.63, 3.8) is 0 Å². The lowest BCUT2D eigenvalue weighted by Gasteiger charge is -2.10. The SMILES string of the molecule is N#Cc1cc(C(=O)Nc2ccccc2)c(N)nc1SCc1cc(-c2ccco2)on1. The number of carbonyl (C=O) groups excluding carboxylic acids is 1. The molecule has 30 heavy (non-hydrogen) atoms. The number of nitrogens with two attached hydrogens (primary N) is 1. The predicted octanol–water partition coefficient (Wildman–Crippen LogP) is 4.33. The van der Waals surface area contributed by atoms with Gasteiger partial charge in [0.25, 0.3) is 5.91 Å². The van der Waals surface area contributed by atoms with Gasteiger partial charge in [-0.25, -0.2) is 4.98 Å². The summed E-state index contributed by atoms with van der Waals surface area (Å²) in [6.45, 7) is 0. The van der Waals surface area contributed by atoms with Crippen molar-refractivity contribution < 1.29 is 13.7 Å². The molecule has 0 saturated heterocycles. The number of anilines is 2. The Labute approximate surface area is 175 Å². The number of amides is 1. The van der Waals surface area contributed by atoms with Gasteiger partial charge >= 0.3 is 0 Å². The molecule has 0 fully saturated rings. The normalized spacial score (nSPS) is 10.5. The first-order valence-electron chi connectivity index (χ1n) is 8.83. The number of nitrogen functional groups attached to an aromatic ring is 1. The quantitative estimate of drug-likeness (QED) is 0.443. The van der Waals surface area contributed by atoms with E-state index in [4.69, 9.17) is 14.7 Å². The Morgan fingerprint density at radius 2 is 2.00 bits per heavy atom. The van der Waals surface area contributed by atoms with E-state index in [1.807, 2.05) is 6.07 Å². The molecule has 0 aliphatic carbocycles. The number of thioether (sulfide) groups is 1. The Morgan fingerprint density at radius 1 is 1.17 bits per heavy atom. The largest absolute Gasteiger partial charge is 0.461 e. The van der Waals surface area contributed by atoms with Gasteiger partial charge in [-0.15, -0.1) is 0 Å². The standard InChI is InChI=1S/C21H15N5O3S/c22-11-13-9-16(20(27)24-14-5-2-1-3-6-14)19(23)25-21(13)30-12-15-10-18(29-26-15)17-7-4-8-28-17/h1-10H,12H2,(H2,23,25)(H,24,27). The van der Waals surface area contributed by atoms with Crippen LogP contribution in [0.25, 0.3) is 11.5 Å². The molecule has 3 N–H and O–H groups in total. The highest BCUT2D eigenvalue weighted by atomic mass is 32.2. The number of hydrogen-bond donors (Lipinski definition) is 2. The monoisotopic (exact) mass is 417 g/mol. The van der Waals surface area contributed by atoms with Gasteiger partial charge in [0.1, 0.15) is 16.9 Å². The summed E-state index contributed by atoms with van der Waals surface area (Å²) in [4.78, 5) is 16.8. The van der Waals surface area contributed by atoms with Crippen LogP contribution in [0.3, 0.4) is 0 Å². The first-order valence-corrected chi connectivity index (χ1v) is 9.82. The Balaban J connectivity index is 1.50. The number of nitrogens with one attached hydrogen (secondary N) is 1. The van der Waals surface area contributed by atoms with Crippen LogP contribution in [-0.4, -0.2) is 16.0 Å². The third-order valence-electron chi connectivity index (χ3n) is 4.09. The fourth-order valence-electron chi connectivity index (χ4n) is 2.66. The van der Waals surface area contributed by atoms with E-state index in [1.165, 1.54) is 17.8 Å². The van der Waals surface area contributed by atoms with E-state index in [-0.39, 0.29) is 16.9 Å². The van der Waals surface area contributed by atoms with Crippen LogP contribution in [0.15, 0.2) is 74.8 Å². The van der Waals surface area contributed by atoms with E-state index in [2.05, 4.69) is 21.5 Å². The van der Waals surface area contributed by atoms with Crippen LogP contribution < -0.4 is 11.1 Å². The second-order valence-corrected chi connectivity index (χ2v) is 7.12. The van der Waals surface area contributed by atoms with Gasteiger partial charge in [0.15, 0.2) is 5.76 Å². The molecule has 8 nitrogen and oxygen atoms in total. The lowest BCUT2D eigenvalue weighted by atomic mass is 10.2. The Morgan fingerprint density at radius 3 is 2.73 bits per heavy atom. The summed E-state index contributed by atoms with van der Waals surface area (Å²) in [7, 11) is 0. The van der Waals surface area contributed by atoms with E-state index in [0.717, 1.165) is 0 Å². The van der Waals surface area contributed by atoms with Gasteiger partial charge in [-0.05, 0) is 30.3 Å². The number of nitriles is 1. The third-order valence-corrected chi connectivity index (χ3v) is 5.12. The summed E-state index contributed by atoms with van der Waals surface area (Å²) < 4.78 is 10.5. The minimum absolute atomic E-state index is 0.0429. The predicted molar refractivity (Wildman–Crippen MR) is 112 cm³/mol. The fourth-order valence-corrected chi connectivity index (χ4v) is 3.50. The molecule has 4 aromatic rings. The lowest BCUT2D eigenvalue weighted by Crippen LogP contribution is -2.15. The molecule has 0 unspecified atom stereocenters. The molecule has 3 heterocycles. The molecule has 0 spiro atoms. The molecule has 0 aliphatic rings. The molecule has 0 bridgehead atoms. The second kappa shape index (κ2) is 8.55. The van der Waals surface area contributed by atoms with Crippen molar-refractivity contribution in [1.82, 2.24) is 10.1 Å². The summed E-state index contributed by atoms with van der Waals surface area (Å²) in [5, 5.41) is 16.7. The van der Waals surface area contributed by atoms with Crippen LogP contribution in [-0.2, 0) is 5.75 Å². The molecule has 0 radical (unpaired) electrons. The number of rotatable bonds is 6. The number of para-hydroxylation sites is 1. The zero-order valence-corrected chi connectivity index (χ0v) is 16.3. The fraction of sp³-hybridized carbons (Fsp3) is 0.0476. The maximum Gasteiger partial charge on any atom is 0.259 e. The summed E-state index contributed by atoms with van der Waals surface area (Å²) >= 11 is 1.28. The zero-order chi connectivity index (χ0) is 20.9. The minimum atomic E-state index is -0.432. The van der Waals surface area contributed by atoms with E-state index in [9.17, 15) is 10.1 Å². The van der Waals surface area contributed by atoms with Crippen molar-refractivity contribution >= 4 is 29.2 Å². The second-order valence-electron chi connectivity index (χ2n) is 6.15. The third kappa shape index (κ3) is 4.19. The van der Waals surface area contributed by atoms with Gasteiger partial charge in [0.05, 0.1) is 23.1 Å². The Bertz CT molecular complexity index is 1210. The van der Waals surface area contributed by atoms with Crippen LogP contribution in [0.4, 0.5) is 11.5 Å². The van der Waals surface area contributed by atoms with Crippen LogP contribution in [0, 0.1) is 11.3 Å². The van der Waals surface area contributed by atoms with Gasteiger partial charge in [0.2, 0.25) is 5.76 Å². The van der Waals surface area contributed by atoms with Crippen molar-refractivity contribution in [3.8, 4) is 17.6 Å². The molecule has 0 atom stereocenters. The maximum absolute atomic E-state index is 12.5. The maximum atomic E-state index is 12.5. The molecular formula is C21H15N5O3S. The first-order chi connectivity index (χ1) is 14.6. The Hall–Kier alpha value is -4.03. The van der Waals surface area contributed by atoms with Gasteiger partial charge in [-0.3, -0.25) is 4.79 Å². The van der Waals surface area contributed by atoms with Gasteiger partial charge in [0, 0.05) is 17.5 Å². The topological polar surface area (TPSA) is 131 Å². The van der Waals surface area contributed by atoms with E-state index >= 15 is 0 Å². The number of carbonyl (C=O) groups is 1. The zero-order valence-electron chi connectivity index (χ0n) is 15.5. The van der Waals surface area contributed by atoms with Crippen molar-refractivity contribution in [2.45, 2.75) is 10.8 Å². The molecule has 3 aromatic heterocycles. The van der Waals surface area contributed by atoms with Crippen LogP contribution in [0.5, 0.6) is 0 Å². The lowest BCUT2D eigenvalue weighted by molar-refractivity contribution is 0.102. The van der Waals surface area contributed by atoms with Crippen molar-refractivity contribution in [2.24, 2.45) is 0 Å². The number of pyridine rings is 1. The van der Waals surface area contributed by atoms with Crippen molar-refractivity contribution in [1.29, 1.82) is 5.26 Å². The smallest absolute Gasteiger partial charge is 0.259 e. The highest BCUT2D eigenvalue weighted by molar-refractivity contribution is 7.98. The molecule has 1 aromatic carbocycles. The number of benzene rings is 1. The van der Waals surface area contributed by atoms with Crippen molar-refractivity contribution in [2.75, 3.05) is 11.1 Å². The van der Waals surface area contributed by atoms with Crippen LogP contribution in [0.1, 0.15) is 21.6 Å². The van der Waals surface area contributed by atoms with Gasteiger partial charge in [-0.1, -0.05) is 35.1 Å². The molecule has 4 rings (SSSR count). The minimum Gasteiger partial charge on any atom is -0.461 e. The first kappa shape index (κ1) is 19.3. The Kier molecular flexibility index (Phi) is 5.50. The van der Waals surface area contributed by atoms with E-state index in [1.54, 1.807) is 48.7 Å². The average Bonchev–Trinajstić information content (AvgIpc) is 3.45. The van der Waals surface area contributed by atoms with Crippen LogP contribution >= 0.6 is 11.8 Å². The molecule has 1 amide bonds. The van der Waals surface area contributed by atoms with Gasteiger partial charge < -0.3 is 20.0 Å². The number of hydrogen-bond acceptors (Lipinski definition) is 8. The number of furan rings is 1. The highest BCUT2D eigenvalue weighted by Gasteiger charge is 2.17. The molecular weight excluding hydrogens is 402 g/mol. The van der Waals surface area contributed by atoms with E-state index in [0.29, 0.717) is 33.7 Å². The number of aromatic nitrogens is 2.